The number of benzene rings is 2. The third kappa shape index (κ3) is 3.47. The Morgan fingerprint density at radius 1 is 0.957 bits per heavy atom. The van der Waals surface area contributed by atoms with Crippen molar-refractivity contribution in [2.45, 2.75) is 19.5 Å². The van der Waals surface area contributed by atoms with Gasteiger partial charge in [-0.25, -0.2) is 8.42 Å². The van der Waals surface area contributed by atoms with Crippen LogP contribution in [0.15, 0.2) is 48.5 Å². The molecule has 0 spiro atoms. The summed E-state index contributed by atoms with van der Waals surface area (Å²) in [5.41, 5.74) is 4.34. The molecular formula is C18H21NO3S. The number of ether oxygens (including phenoxy) is 1. The minimum absolute atomic E-state index is 0.116. The van der Waals surface area contributed by atoms with Crippen LogP contribution in [0.4, 0.5) is 0 Å². The molecule has 2 aromatic carbocycles. The van der Waals surface area contributed by atoms with Crippen LogP contribution in [0.3, 0.4) is 0 Å². The first kappa shape index (κ1) is 16.2. The van der Waals surface area contributed by atoms with E-state index in [0.29, 0.717) is 26.1 Å². The van der Waals surface area contributed by atoms with E-state index in [1.807, 2.05) is 36.4 Å². The molecule has 0 saturated heterocycles. The number of fused-ring (bicyclic) bond motifs is 3. The van der Waals surface area contributed by atoms with E-state index >= 15 is 0 Å². The molecule has 3 rings (SSSR count). The first-order valence-corrected chi connectivity index (χ1v) is 9.35. The van der Waals surface area contributed by atoms with Gasteiger partial charge in [0.25, 0.3) is 0 Å². The van der Waals surface area contributed by atoms with Gasteiger partial charge < -0.3 is 4.74 Å². The normalized spacial score (nSPS) is 14.8. The van der Waals surface area contributed by atoms with Gasteiger partial charge in [0.2, 0.25) is 10.0 Å². The minimum Gasteiger partial charge on any atom is -0.385 e. The van der Waals surface area contributed by atoms with Crippen LogP contribution in [0.1, 0.15) is 17.5 Å². The molecule has 122 valence electrons. The zero-order valence-corrected chi connectivity index (χ0v) is 14.1. The fourth-order valence-electron chi connectivity index (χ4n) is 2.99. The quantitative estimate of drug-likeness (QED) is 0.791. The van der Waals surface area contributed by atoms with Gasteiger partial charge in [-0.1, -0.05) is 48.5 Å². The molecule has 2 aromatic rings. The summed E-state index contributed by atoms with van der Waals surface area (Å²) in [6, 6.07) is 16.1. The van der Waals surface area contributed by atoms with Crippen molar-refractivity contribution in [2.75, 3.05) is 19.5 Å². The van der Waals surface area contributed by atoms with Crippen LogP contribution in [0, 0.1) is 0 Å². The standard InChI is InChI=1S/C18H21NO3S/c1-22-11-6-12-23(20,21)19-13-15-7-2-4-9-17(15)18-10-5-3-8-16(18)14-19/h2-5,7-10H,6,11-14H2,1H3. The molecule has 0 amide bonds. The monoisotopic (exact) mass is 331 g/mol. The third-order valence-corrected chi connectivity index (χ3v) is 6.01. The Balaban J connectivity index is 1.98. The van der Waals surface area contributed by atoms with Gasteiger partial charge in [0.15, 0.2) is 0 Å². The third-order valence-electron chi connectivity index (χ3n) is 4.16. The Morgan fingerprint density at radius 2 is 1.48 bits per heavy atom. The predicted molar refractivity (Wildman–Crippen MR) is 91.4 cm³/mol. The SMILES string of the molecule is COCCCS(=O)(=O)N1Cc2ccccc2-c2ccccc2C1. The van der Waals surface area contributed by atoms with Crippen LogP contribution in [0.25, 0.3) is 11.1 Å². The Morgan fingerprint density at radius 3 is 2.00 bits per heavy atom. The Bertz CT molecular complexity index is 739. The number of rotatable bonds is 5. The van der Waals surface area contributed by atoms with Crippen molar-refractivity contribution in [3.63, 3.8) is 0 Å². The van der Waals surface area contributed by atoms with E-state index < -0.39 is 10.0 Å². The molecule has 1 aliphatic rings. The van der Waals surface area contributed by atoms with E-state index in [4.69, 9.17) is 4.74 Å². The smallest absolute Gasteiger partial charge is 0.214 e. The molecule has 0 unspecified atom stereocenters. The molecule has 23 heavy (non-hydrogen) atoms. The summed E-state index contributed by atoms with van der Waals surface area (Å²) in [4.78, 5) is 0. The summed E-state index contributed by atoms with van der Waals surface area (Å²) >= 11 is 0. The summed E-state index contributed by atoms with van der Waals surface area (Å²) in [5.74, 6) is 0.116. The molecule has 5 heteroatoms. The maximum absolute atomic E-state index is 12.7. The van der Waals surface area contributed by atoms with Gasteiger partial charge in [0.05, 0.1) is 5.75 Å². The average Bonchev–Trinajstić information content (AvgIpc) is 2.72. The summed E-state index contributed by atoms with van der Waals surface area (Å²) < 4.78 is 32.0. The highest BCUT2D eigenvalue weighted by molar-refractivity contribution is 7.89. The van der Waals surface area contributed by atoms with Gasteiger partial charge in [-0.15, -0.1) is 0 Å². The number of methoxy groups -OCH3 is 1. The van der Waals surface area contributed by atoms with Crippen molar-refractivity contribution in [3.05, 3.63) is 59.7 Å². The highest BCUT2D eigenvalue weighted by Crippen LogP contribution is 2.33. The Kier molecular flexibility index (Phi) is 4.80. The Hall–Kier alpha value is -1.69. The lowest BCUT2D eigenvalue weighted by molar-refractivity contribution is 0.199. The van der Waals surface area contributed by atoms with Gasteiger partial charge in [0, 0.05) is 26.8 Å². The molecule has 1 heterocycles. The molecular weight excluding hydrogens is 310 g/mol. The fourth-order valence-corrected chi connectivity index (χ4v) is 4.40. The molecule has 0 aromatic heterocycles. The molecule has 0 radical (unpaired) electrons. The molecule has 0 fully saturated rings. The second-order valence-electron chi connectivity index (χ2n) is 5.74. The van der Waals surface area contributed by atoms with Crippen molar-refractivity contribution in [1.29, 1.82) is 0 Å². The number of hydrogen-bond donors (Lipinski definition) is 0. The average molecular weight is 331 g/mol. The van der Waals surface area contributed by atoms with Gasteiger partial charge in [-0.3, -0.25) is 0 Å². The molecule has 0 aliphatic carbocycles. The van der Waals surface area contributed by atoms with Gasteiger partial charge in [-0.2, -0.15) is 4.31 Å². The number of sulfonamides is 1. The van der Waals surface area contributed by atoms with Crippen molar-refractivity contribution in [2.24, 2.45) is 0 Å². The second-order valence-corrected chi connectivity index (χ2v) is 7.83. The van der Waals surface area contributed by atoms with Crippen LogP contribution in [-0.2, 0) is 27.8 Å². The number of hydrogen-bond acceptors (Lipinski definition) is 3. The zero-order chi connectivity index (χ0) is 16.3. The molecule has 0 saturated carbocycles. The topological polar surface area (TPSA) is 46.6 Å². The van der Waals surface area contributed by atoms with E-state index in [-0.39, 0.29) is 5.75 Å². The highest BCUT2D eigenvalue weighted by Gasteiger charge is 2.27. The largest absolute Gasteiger partial charge is 0.385 e. The minimum atomic E-state index is -3.31. The van der Waals surface area contributed by atoms with Crippen LogP contribution in [0.5, 0.6) is 0 Å². The number of nitrogens with zero attached hydrogens (tertiary/aromatic N) is 1. The van der Waals surface area contributed by atoms with E-state index in [1.165, 1.54) is 0 Å². The van der Waals surface area contributed by atoms with E-state index in [1.54, 1.807) is 11.4 Å². The molecule has 0 N–H and O–H groups in total. The summed E-state index contributed by atoms with van der Waals surface area (Å²) in [6.45, 7) is 1.29. The van der Waals surface area contributed by atoms with Crippen molar-refractivity contribution >= 4 is 10.0 Å². The molecule has 0 atom stereocenters. The van der Waals surface area contributed by atoms with Crippen LogP contribution >= 0.6 is 0 Å². The summed E-state index contributed by atoms with van der Waals surface area (Å²) in [6.07, 6.45) is 0.513. The van der Waals surface area contributed by atoms with Gasteiger partial charge in [0.1, 0.15) is 0 Å². The van der Waals surface area contributed by atoms with Crippen LogP contribution in [-0.4, -0.2) is 32.2 Å². The lowest BCUT2D eigenvalue weighted by atomic mass is 9.97. The lowest BCUT2D eigenvalue weighted by Gasteiger charge is -2.21. The summed E-state index contributed by atoms with van der Waals surface area (Å²) in [5, 5.41) is 0. The molecule has 4 nitrogen and oxygen atoms in total. The highest BCUT2D eigenvalue weighted by atomic mass is 32.2. The van der Waals surface area contributed by atoms with E-state index in [9.17, 15) is 8.42 Å². The lowest BCUT2D eigenvalue weighted by Crippen LogP contribution is -2.32. The zero-order valence-electron chi connectivity index (χ0n) is 13.2. The first-order chi connectivity index (χ1) is 11.1. The maximum Gasteiger partial charge on any atom is 0.214 e. The van der Waals surface area contributed by atoms with E-state index in [2.05, 4.69) is 12.1 Å². The molecule has 0 bridgehead atoms. The Labute approximate surface area is 137 Å². The van der Waals surface area contributed by atoms with Crippen molar-refractivity contribution in [3.8, 4) is 11.1 Å². The first-order valence-electron chi connectivity index (χ1n) is 7.75. The van der Waals surface area contributed by atoms with Gasteiger partial charge in [-0.05, 0) is 28.7 Å². The van der Waals surface area contributed by atoms with Crippen LogP contribution < -0.4 is 0 Å². The van der Waals surface area contributed by atoms with Gasteiger partial charge >= 0.3 is 0 Å². The summed E-state index contributed by atoms with van der Waals surface area (Å²) in [7, 11) is -1.72. The van der Waals surface area contributed by atoms with E-state index in [0.717, 1.165) is 22.3 Å². The second kappa shape index (κ2) is 6.83. The molecule has 1 aliphatic heterocycles. The fraction of sp³-hybridized carbons (Fsp3) is 0.333. The maximum atomic E-state index is 12.7. The van der Waals surface area contributed by atoms with Crippen molar-refractivity contribution < 1.29 is 13.2 Å². The van der Waals surface area contributed by atoms with Crippen LogP contribution in [0.2, 0.25) is 0 Å². The van der Waals surface area contributed by atoms with Crippen molar-refractivity contribution in [1.82, 2.24) is 4.31 Å². The predicted octanol–water partition coefficient (Wildman–Crippen LogP) is 3.04.